The number of nitrogens with one attached hydrogen (secondary N) is 2. The Kier molecular flexibility index (Phi) is 5.95. The molecule has 0 aliphatic heterocycles. The minimum absolute atomic E-state index is 0.0884. The van der Waals surface area contributed by atoms with Crippen molar-refractivity contribution in [1.29, 1.82) is 0 Å². The van der Waals surface area contributed by atoms with Gasteiger partial charge in [0.05, 0.1) is 30.2 Å². The van der Waals surface area contributed by atoms with E-state index in [1.54, 1.807) is 31.5 Å². The third kappa shape index (κ3) is 4.99. The van der Waals surface area contributed by atoms with E-state index in [4.69, 9.17) is 10.5 Å². The van der Waals surface area contributed by atoms with Crippen molar-refractivity contribution in [3.8, 4) is 5.75 Å². The molecule has 2 aromatic rings. The van der Waals surface area contributed by atoms with Crippen molar-refractivity contribution in [2.24, 2.45) is 0 Å². The molecule has 3 rings (SSSR count). The number of aromatic nitrogens is 2. The van der Waals surface area contributed by atoms with Crippen LogP contribution in [-0.2, 0) is 11.3 Å². The van der Waals surface area contributed by atoms with Crippen LogP contribution in [0.3, 0.4) is 0 Å². The minimum Gasteiger partial charge on any atom is -0.497 e. The van der Waals surface area contributed by atoms with Crippen LogP contribution in [0.1, 0.15) is 42.5 Å². The van der Waals surface area contributed by atoms with Crippen molar-refractivity contribution in [2.45, 2.75) is 44.7 Å². The smallest absolute Gasteiger partial charge is 0.258 e. The van der Waals surface area contributed by atoms with Gasteiger partial charge in [-0.15, -0.1) is 0 Å². The fourth-order valence-electron chi connectivity index (χ4n) is 3.20. The summed E-state index contributed by atoms with van der Waals surface area (Å²) >= 11 is 0. The standard InChI is InChI=1S/C19H25N5O3/c1-27-15-7-8-16(20)17(9-15)23-19(26)13-10-21-24(11-13)12-18(25)22-14-5-3-2-4-6-14/h7-11,14H,2-6,12,20H2,1H3,(H,22,25)(H,23,26). The van der Waals surface area contributed by atoms with E-state index in [1.165, 1.54) is 17.3 Å². The molecule has 0 unspecified atom stereocenters. The topological polar surface area (TPSA) is 111 Å². The summed E-state index contributed by atoms with van der Waals surface area (Å²) in [5, 5.41) is 9.88. The first kappa shape index (κ1) is 18.8. The van der Waals surface area contributed by atoms with Gasteiger partial charge >= 0.3 is 0 Å². The summed E-state index contributed by atoms with van der Waals surface area (Å²) in [6, 6.07) is 5.28. The molecule has 1 heterocycles. The molecule has 0 radical (unpaired) electrons. The normalized spacial score (nSPS) is 14.6. The van der Waals surface area contributed by atoms with E-state index in [1.807, 2.05) is 0 Å². The Balaban J connectivity index is 1.58. The highest BCUT2D eigenvalue weighted by Crippen LogP contribution is 2.24. The van der Waals surface area contributed by atoms with Crippen LogP contribution in [0.4, 0.5) is 11.4 Å². The van der Waals surface area contributed by atoms with Crippen LogP contribution in [0.2, 0.25) is 0 Å². The molecule has 1 saturated carbocycles. The number of methoxy groups -OCH3 is 1. The van der Waals surface area contributed by atoms with Gasteiger partial charge < -0.3 is 21.1 Å². The lowest BCUT2D eigenvalue weighted by Gasteiger charge is -2.22. The summed E-state index contributed by atoms with van der Waals surface area (Å²) in [4.78, 5) is 24.6. The van der Waals surface area contributed by atoms with Gasteiger partial charge in [0, 0.05) is 18.3 Å². The third-order valence-electron chi connectivity index (χ3n) is 4.68. The Morgan fingerprint density at radius 1 is 1.30 bits per heavy atom. The first-order valence-electron chi connectivity index (χ1n) is 9.12. The summed E-state index contributed by atoms with van der Waals surface area (Å²) in [5.74, 6) is 0.150. The molecule has 144 valence electrons. The molecule has 0 spiro atoms. The number of rotatable bonds is 6. The summed E-state index contributed by atoms with van der Waals surface area (Å²) in [5.41, 5.74) is 7.13. The number of amides is 2. The summed E-state index contributed by atoms with van der Waals surface area (Å²) in [6.45, 7) is 0.0884. The van der Waals surface area contributed by atoms with Crippen molar-refractivity contribution in [3.63, 3.8) is 0 Å². The van der Waals surface area contributed by atoms with E-state index >= 15 is 0 Å². The first-order chi connectivity index (χ1) is 13.0. The third-order valence-corrected chi connectivity index (χ3v) is 4.68. The fraction of sp³-hybridized carbons (Fsp3) is 0.421. The van der Waals surface area contributed by atoms with Crippen molar-refractivity contribution < 1.29 is 14.3 Å². The van der Waals surface area contributed by atoms with Crippen LogP contribution in [0, 0.1) is 0 Å². The molecule has 0 atom stereocenters. The van der Waals surface area contributed by atoms with Crippen molar-refractivity contribution >= 4 is 23.2 Å². The maximum atomic E-state index is 12.4. The van der Waals surface area contributed by atoms with E-state index in [2.05, 4.69) is 15.7 Å². The highest BCUT2D eigenvalue weighted by atomic mass is 16.5. The molecule has 1 aliphatic rings. The molecule has 1 aliphatic carbocycles. The molecule has 1 aromatic heterocycles. The number of carbonyl (C=O) groups excluding carboxylic acids is 2. The van der Waals surface area contributed by atoms with E-state index in [0.717, 1.165) is 25.7 Å². The number of nitrogens with two attached hydrogens (primary N) is 1. The van der Waals surface area contributed by atoms with Crippen LogP contribution >= 0.6 is 0 Å². The van der Waals surface area contributed by atoms with E-state index in [0.29, 0.717) is 22.7 Å². The average molecular weight is 371 g/mol. The molecular weight excluding hydrogens is 346 g/mol. The maximum Gasteiger partial charge on any atom is 0.258 e. The number of nitrogens with zero attached hydrogens (tertiary/aromatic N) is 2. The van der Waals surface area contributed by atoms with Gasteiger partial charge in [0.15, 0.2) is 0 Å². The molecule has 8 heteroatoms. The lowest BCUT2D eigenvalue weighted by atomic mass is 9.95. The first-order valence-corrected chi connectivity index (χ1v) is 9.12. The lowest BCUT2D eigenvalue weighted by Crippen LogP contribution is -2.38. The van der Waals surface area contributed by atoms with Crippen molar-refractivity contribution in [1.82, 2.24) is 15.1 Å². The van der Waals surface area contributed by atoms with Gasteiger partial charge in [-0.2, -0.15) is 5.10 Å². The molecule has 4 N–H and O–H groups in total. The monoisotopic (exact) mass is 371 g/mol. The lowest BCUT2D eigenvalue weighted by molar-refractivity contribution is -0.122. The largest absolute Gasteiger partial charge is 0.497 e. The number of anilines is 2. The highest BCUT2D eigenvalue weighted by molar-refractivity contribution is 6.05. The molecule has 1 fully saturated rings. The molecule has 0 saturated heterocycles. The van der Waals surface area contributed by atoms with Gasteiger partial charge in [-0.3, -0.25) is 14.3 Å². The summed E-state index contributed by atoms with van der Waals surface area (Å²) < 4.78 is 6.60. The van der Waals surface area contributed by atoms with Crippen LogP contribution in [0.15, 0.2) is 30.6 Å². The zero-order valence-electron chi connectivity index (χ0n) is 15.4. The molecule has 1 aromatic carbocycles. The molecule has 2 amide bonds. The summed E-state index contributed by atoms with van der Waals surface area (Å²) in [7, 11) is 1.54. The Morgan fingerprint density at radius 3 is 2.81 bits per heavy atom. The van der Waals surface area contributed by atoms with Crippen LogP contribution in [0.25, 0.3) is 0 Å². The second-order valence-corrected chi connectivity index (χ2v) is 6.74. The van der Waals surface area contributed by atoms with E-state index < -0.39 is 0 Å². The fourth-order valence-corrected chi connectivity index (χ4v) is 3.20. The zero-order chi connectivity index (χ0) is 19.2. The Morgan fingerprint density at radius 2 is 2.07 bits per heavy atom. The summed E-state index contributed by atoms with van der Waals surface area (Å²) in [6.07, 6.45) is 8.59. The molecular formula is C19H25N5O3. The average Bonchev–Trinajstić information content (AvgIpc) is 3.12. The number of nitrogen functional groups attached to an aromatic ring is 1. The van der Waals surface area contributed by atoms with Gasteiger partial charge in [0.1, 0.15) is 12.3 Å². The number of ether oxygens (including phenoxy) is 1. The van der Waals surface area contributed by atoms with Gasteiger partial charge in [-0.25, -0.2) is 0 Å². The van der Waals surface area contributed by atoms with Crippen molar-refractivity contribution in [3.05, 3.63) is 36.2 Å². The Bertz CT molecular complexity index is 811. The predicted molar refractivity (Wildman–Crippen MR) is 103 cm³/mol. The SMILES string of the molecule is COc1ccc(N)c(NC(=O)c2cnn(CC(=O)NC3CCCCC3)c2)c1. The number of hydrogen-bond donors (Lipinski definition) is 3. The van der Waals surface area contributed by atoms with Gasteiger partial charge in [0.25, 0.3) is 5.91 Å². The van der Waals surface area contributed by atoms with Crippen molar-refractivity contribution in [2.75, 3.05) is 18.2 Å². The predicted octanol–water partition coefficient (Wildman–Crippen LogP) is 2.18. The maximum absolute atomic E-state index is 12.4. The van der Waals surface area contributed by atoms with Gasteiger partial charge in [-0.05, 0) is 25.0 Å². The molecule has 8 nitrogen and oxygen atoms in total. The Labute approximate surface area is 158 Å². The van der Waals surface area contributed by atoms with Gasteiger partial charge in [-0.1, -0.05) is 19.3 Å². The number of benzene rings is 1. The van der Waals surface area contributed by atoms with Crippen LogP contribution in [0.5, 0.6) is 5.75 Å². The van der Waals surface area contributed by atoms with E-state index in [-0.39, 0.29) is 24.4 Å². The molecule has 27 heavy (non-hydrogen) atoms. The Hall–Kier alpha value is -3.03. The quantitative estimate of drug-likeness (QED) is 0.674. The second kappa shape index (κ2) is 8.57. The van der Waals surface area contributed by atoms with Crippen LogP contribution in [-0.4, -0.2) is 34.7 Å². The number of hydrogen-bond acceptors (Lipinski definition) is 5. The zero-order valence-corrected chi connectivity index (χ0v) is 15.4. The van der Waals surface area contributed by atoms with E-state index in [9.17, 15) is 9.59 Å². The molecule has 0 bridgehead atoms. The highest BCUT2D eigenvalue weighted by Gasteiger charge is 2.17. The second-order valence-electron chi connectivity index (χ2n) is 6.74. The minimum atomic E-state index is -0.353. The van der Waals surface area contributed by atoms with Gasteiger partial charge in [0.2, 0.25) is 5.91 Å². The number of carbonyl (C=O) groups is 2. The van der Waals surface area contributed by atoms with Crippen LogP contribution < -0.4 is 21.1 Å².